The quantitative estimate of drug-likeness (QED) is 0.441. The molecule has 0 aliphatic rings. The van der Waals surface area contributed by atoms with E-state index >= 15 is 0 Å². The molecule has 1 amide bonds. The number of amides is 1. The number of thioether (sulfide) groups is 1. The molecule has 0 saturated carbocycles. The number of hydrogen-bond acceptors (Lipinski definition) is 5. The van der Waals surface area contributed by atoms with Crippen molar-refractivity contribution in [2.75, 3.05) is 12.3 Å². The highest BCUT2D eigenvalue weighted by Gasteiger charge is 2.12. The summed E-state index contributed by atoms with van der Waals surface area (Å²) < 4.78 is 0. The topological polar surface area (TPSA) is 54.9 Å². The maximum absolute atomic E-state index is 11.8. The Morgan fingerprint density at radius 3 is 2.91 bits per heavy atom. The number of aromatic nitrogens is 2. The van der Waals surface area contributed by atoms with E-state index < -0.39 is 0 Å². The molecule has 4 nitrogen and oxygen atoms in total. The molecule has 1 aromatic carbocycles. The van der Waals surface area contributed by atoms with E-state index in [1.165, 1.54) is 11.8 Å². The Balaban J connectivity index is 1.91. The van der Waals surface area contributed by atoms with E-state index in [1.54, 1.807) is 11.3 Å². The number of rotatable bonds is 5. The van der Waals surface area contributed by atoms with Crippen molar-refractivity contribution in [2.45, 2.75) is 5.03 Å². The Kier molecular flexibility index (Phi) is 4.91. The van der Waals surface area contributed by atoms with Crippen molar-refractivity contribution in [1.29, 1.82) is 0 Å². The van der Waals surface area contributed by atoms with Crippen molar-refractivity contribution in [2.24, 2.45) is 0 Å². The molecule has 3 rings (SSSR count). The van der Waals surface area contributed by atoms with E-state index in [1.807, 2.05) is 41.8 Å². The molecule has 0 saturated heterocycles. The van der Waals surface area contributed by atoms with E-state index in [-0.39, 0.29) is 18.2 Å². The normalized spacial score (nSPS) is 10.4. The predicted molar refractivity (Wildman–Crippen MR) is 95.4 cm³/mol. The number of para-hydroxylation sites is 1. The highest BCUT2D eigenvalue weighted by molar-refractivity contribution is 8.00. The Morgan fingerprint density at radius 2 is 2.13 bits per heavy atom. The van der Waals surface area contributed by atoms with Gasteiger partial charge in [-0.2, -0.15) is 0 Å². The zero-order chi connectivity index (χ0) is 16.1. The van der Waals surface area contributed by atoms with Crippen LogP contribution >= 0.6 is 23.1 Å². The Hall–Kier alpha value is -2.36. The molecule has 0 atom stereocenters. The number of carbonyl (C=O) groups is 1. The van der Waals surface area contributed by atoms with Crippen molar-refractivity contribution in [3.63, 3.8) is 0 Å². The minimum atomic E-state index is -0.103. The van der Waals surface area contributed by atoms with Gasteiger partial charge < -0.3 is 5.32 Å². The van der Waals surface area contributed by atoms with E-state index in [2.05, 4.69) is 21.2 Å². The molecular formula is C17H13N3OS2. The molecule has 1 N–H and O–H groups in total. The van der Waals surface area contributed by atoms with Crippen LogP contribution in [0.25, 0.3) is 21.6 Å². The van der Waals surface area contributed by atoms with Gasteiger partial charge in [0.15, 0.2) is 5.82 Å². The lowest BCUT2D eigenvalue weighted by molar-refractivity contribution is -0.118. The molecule has 2 aromatic heterocycles. The number of nitrogens with zero attached hydrogens (tertiary/aromatic N) is 2. The van der Waals surface area contributed by atoms with Crippen LogP contribution in [0.15, 0.2) is 46.8 Å². The minimum Gasteiger partial charge on any atom is -0.344 e. The standard InChI is InChI=1S/C17H13N3OS2/c1-2-9-18-15(21)11-23-17-12-6-3-4-7-13(12)19-16(20-17)14-8-5-10-22-14/h1,3-8,10H,9,11H2,(H,18,21). The first-order chi connectivity index (χ1) is 11.3. The van der Waals surface area contributed by atoms with Crippen molar-refractivity contribution in [3.8, 4) is 23.0 Å². The summed E-state index contributed by atoms with van der Waals surface area (Å²) in [5.41, 5.74) is 0.873. The van der Waals surface area contributed by atoms with Gasteiger partial charge in [0.05, 0.1) is 22.7 Å². The molecule has 114 valence electrons. The predicted octanol–water partition coefficient (Wildman–Crippen LogP) is 3.20. The summed E-state index contributed by atoms with van der Waals surface area (Å²) >= 11 is 2.99. The third-order valence-corrected chi connectivity index (χ3v) is 4.89. The molecule has 2 heterocycles. The number of nitrogens with one attached hydrogen (secondary N) is 1. The highest BCUT2D eigenvalue weighted by atomic mass is 32.2. The maximum Gasteiger partial charge on any atom is 0.231 e. The number of terminal acetylenes is 1. The lowest BCUT2D eigenvalue weighted by Crippen LogP contribution is -2.25. The van der Waals surface area contributed by atoms with Crippen molar-refractivity contribution < 1.29 is 4.79 Å². The van der Waals surface area contributed by atoms with Crippen LogP contribution in [0.4, 0.5) is 0 Å². The zero-order valence-electron chi connectivity index (χ0n) is 12.2. The fourth-order valence-corrected chi connectivity index (χ4v) is 3.51. The third-order valence-electron chi connectivity index (χ3n) is 3.04. The van der Waals surface area contributed by atoms with Gasteiger partial charge in [-0.05, 0) is 17.5 Å². The molecule has 0 fully saturated rings. The van der Waals surface area contributed by atoms with Gasteiger partial charge in [0.25, 0.3) is 0 Å². The molecule has 0 aliphatic heterocycles. The minimum absolute atomic E-state index is 0.103. The number of benzene rings is 1. The van der Waals surface area contributed by atoms with Crippen LogP contribution in [0.3, 0.4) is 0 Å². The molecule has 0 bridgehead atoms. The first kappa shape index (κ1) is 15.5. The summed E-state index contributed by atoms with van der Waals surface area (Å²) in [7, 11) is 0. The molecule has 6 heteroatoms. The van der Waals surface area contributed by atoms with Gasteiger partial charge in [-0.25, -0.2) is 9.97 Å². The molecule has 23 heavy (non-hydrogen) atoms. The van der Waals surface area contributed by atoms with Crippen molar-refractivity contribution in [1.82, 2.24) is 15.3 Å². The van der Waals surface area contributed by atoms with E-state index in [0.717, 1.165) is 20.8 Å². The van der Waals surface area contributed by atoms with Crippen molar-refractivity contribution >= 4 is 39.9 Å². The fraction of sp³-hybridized carbons (Fsp3) is 0.118. The molecule has 0 radical (unpaired) electrons. The summed E-state index contributed by atoms with van der Waals surface area (Å²) in [5, 5.41) is 6.40. The fourth-order valence-electron chi connectivity index (χ4n) is 2.01. The van der Waals surface area contributed by atoms with E-state index in [4.69, 9.17) is 6.42 Å². The Morgan fingerprint density at radius 1 is 1.26 bits per heavy atom. The summed E-state index contributed by atoms with van der Waals surface area (Å²) in [6.07, 6.45) is 5.14. The average Bonchev–Trinajstić information content (AvgIpc) is 3.12. The van der Waals surface area contributed by atoms with Gasteiger partial charge in [-0.1, -0.05) is 41.9 Å². The van der Waals surface area contributed by atoms with Crippen LogP contribution in [0.5, 0.6) is 0 Å². The third kappa shape index (κ3) is 3.70. The molecule has 0 unspecified atom stereocenters. The Labute approximate surface area is 142 Å². The largest absolute Gasteiger partial charge is 0.344 e. The molecule has 3 aromatic rings. The second-order valence-corrected chi connectivity index (χ2v) is 6.53. The second-order valence-electron chi connectivity index (χ2n) is 4.62. The summed E-state index contributed by atoms with van der Waals surface area (Å²) in [6, 6.07) is 11.8. The van der Waals surface area contributed by atoms with Gasteiger partial charge in [0.1, 0.15) is 5.03 Å². The molecule has 0 aliphatic carbocycles. The van der Waals surface area contributed by atoms with Gasteiger partial charge in [-0.3, -0.25) is 4.79 Å². The first-order valence-electron chi connectivity index (χ1n) is 6.91. The lowest BCUT2D eigenvalue weighted by Gasteiger charge is -2.07. The van der Waals surface area contributed by atoms with Crippen LogP contribution in [0.2, 0.25) is 0 Å². The summed E-state index contributed by atoms with van der Waals surface area (Å²) in [5.74, 6) is 3.24. The number of fused-ring (bicyclic) bond motifs is 1. The van der Waals surface area contributed by atoms with Crippen molar-refractivity contribution in [3.05, 3.63) is 41.8 Å². The lowest BCUT2D eigenvalue weighted by atomic mass is 10.2. The second kappa shape index (κ2) is 7.27. The number of carbonyl (C=O) groups excluding carboxylic acids is 1. The first-order valence-corrected chi connectivity index (χ1v) is 8.78. The Bertz CT molecular complexity index is 869. The van der Waals surface area contributed by atoms with Gasteiger partial charge in [0, 0.05) is 5.39 Å². The van der Waals surface area contributed by atoms with Crippen LogP contribution in [0.1, 0.15) is 0 Å². The highest BCUT2D eigenvalue weighted by Crippen LogP contribution is 2.29. The van der Waals surface area contributed by atoms with Gasteiger partial charge >= 0.3 is 0 Å². The summed E-state index contributed by atoms with van der Waals surface area (Å²) in [6.45, 7) is 0.240. The zero-order valence-corrected chi connectivity index (χ0v) is 13.8. The van der Waals surface area contributed by atoms with Gasteiger partial charge in [0.2, 0.25) is 5.91 Å². The van der Waals surface area contributed by atoms with E-state index in [0.29, 0.717) is 5.82 Å². The molecule has 0 spiro atoms. The van der Waals surface area contributed by atoms with Crippen LogP contribution in [-0.2, 0) is 4.79 Å². The number of thiophene rings is 1. The molecular weight excluding hydrogens is 326 g/mol. The van der Waals surface area contributed by atoms with Crippen LogP contribution < -0.4 is 5.32 Å². The number of hydrogen-bond donors (Lipinski definition) is 1. The van der Waals surface area contributed by atoms with Gasteiger partial charge in [-0.15, -0.1) is 17.8 Å². The van der Waals surface area contributed by atoms with Crippen LogP contribution in [0, 0.1) is 12.3 Å². The SMILES string of the molecule is C#CCNC(=O)CSc1nc(-c2cccs2)nc2ccccc12. The maximum atomic E-state index is 11.8. The van der Waals surface area contributed by atoms with E-state index in [9.17, 15) is 4.79 Å². The smallest absolute Gasteiger partial charge is 0.231 e. The average molecular weight is 339 g/mol. The van der Waals surface area contributed by atoms with Crippen LogP contribution in [-0.4, -0.2) is 28.2 Å². The summed E-state index contributed by atoms with van der Waals surface area (Å²) in [4.78, 5) is 22.0. The monoisotopic (exact) mass is 339 g/mol.